The van der Waals surface area contributed by atoms with Crippen molar-refractivity contribution >= 4 is 11.8 Å². The van der Waals surface area contributed by atoms with Gasteiger partial charge in [0.15, 0.2) is 0 Å². The second kappa shape index (κ2) is 4.53. The van der Waals surface area contributed by atoms with Crippen LogP contribution in [0.25, 0.3) is 0 Å². The third kappa shape index (κ3) is 1.81. The maximum absolute atomic E-state index is 12.6. The zero-order valence-electron chi connectivity index (χ0n) is 10.8. The summed E-state index contributed by atoms with van der Waals surface area (Å²) in [6.07, 6.45) is 5.02. The fourth-order valence-corrected chi connectivity index (χ4v) is 3.78. The van der Waals surface area contributed by atoms with E-state index in [0.717, 1.165) is 32.2 Å². The standard InChI is InChI=1S/C13H21N3O2/c1-14-12(17)11-3-2-6-16(11)13(18)9-7-8-4-5-10(9)15-8/h8-11,15H,2-7H2,1H3,(H,14,17). The number of nitrogens with one attached hydrogen (secondary N) is 2. The molecule has 3 aliphatic rings. The maximum Gasteiger partial charge on any atom is 0.242 e. The van der Waals surface area contributed by atoms with E-state index in [-0.39, 0.29) is 23.8 Å². The lowest BCUT2D eigenvalue weighted by molar-refractivity contribution is -0.141. The monoisotopic (exact) mass is 251 g/mol. The van der Waals surface area contributed by atoms with Gasteiger partial charge in [-0.3, -0.25) is 9.59 Å². The molecule has 4 atom stereocenters. The molecule has 3 saturated heterocycles. The Labute approximate surface area is 107 Å². The molecule has 2 amide bonds. The van der Waals surface area contributed by atoms with Gasteiger partial charge >= 0.3 is 0 Å². The molecule has 5 nitrogen and oxygen atoms in total. The van der Waals surface area contributed by atoms with Crippen LogP contribution in [0.3, 0.4) is 0 Å². The number of nitrogens with zero attached hydrogens (tertiary/aromatic N) is 1. The molecule has 2 N–H and O–H groups in total. The fraction of sp³-hybridized carbons (Fsp3) is 0.846. The Morgan fingerprint density at radius 3 is 2.72 bits per heavy atom. The topological polar surface area (TPSA) is 61.4 Å². The van der Waals surface area contributed by atoms with Crippen LogP contribution < -0.4 is 10.6 Å². The van der Waals surface area contributed by atoms with Gasteiger partial charge in [-0.15, -0.1) is 0 Å². The Morgan fingerprint density at radius 2 is 2.11 bits per heavy atom. The largest absolute Gasteiger partial charge is 0.357 e. The number of rotatable bonds is 2. The molecule has 5 heteroatoms. The minimum Gasteiger partial charge on any atom is -0.357 e. The molecular formula is C13H21N3O2. The molecule has 0 aromatic carbocycles. The Bertz CT molecular complexity index is 371. The average Bonchev–Trinajstić information content (AvgIpc) is 3.11. The zero-order valence-corrected chi connectivity index (χ0v) is 10.8. The van der Waals surface area contributed by atoms with Gasteiger partial charge in [-0.25, -0.2) is 0 Å². The Hall–Kier alpha value is -1.10. The molecule has 100 valence electrons. The minimum absolute atomic E-state index is 0.0167. The lowest BCUT2D eigenvalue weighted by Crippen LogP contribution is -2.48. The van der Waals surface area contributed by atoms with Gasteiger partial charge in [0, 0.05) is 25.7 Å². The van der Waals surface area contributed by atoms with Crippen LogP contribution in [0.4, 0.5) is 0 Å². The van der Waals surface area contributed by atoms with Gasteiger partial charge < -0.3 is 15.5 Å². The summed E-state index contributed by atoms with van der Waals surface area (Å²) in [5.41, 5.74) is 0. The maximum atomic E-state index is 12.6. The lowest BCUT2D eigenvalue weighted by atomic mass is 9.88. The third-order valence-corrected chi connectivity index (χ3v) is 4.70. The van der Waals surface area contributed by atoms with Crippen molar-refractivity contribution in [3.05, 3.63) is 0 Å². The van der Waals surface area contributed by atoms with Crippen molar-refractivity contribution in [2.45, 2.75) is 50.2 Å². The molecule has 3 rings (SSSR count). The van der Waals surface area contributed by atoms with Gasteiger partial charge in [-0.05, 0) is 32.1 Å². The summed E-state index contributed by atoms with van der Waals surface area (Å²) in [4.78, 5) is 26.2. The summed E-state index contributed by atoms with van der Waals surface area (Å²) in [6.45, 7) is 0.741. The van der Waals surface area contributed by atoms with Crippen molar-refractivity contribution in [2.24, 2.45) is 5.92 Å². The van der Waals surface area contributed by atoms with Crippen molar-refractivity contribution in [3.8, 4) is 0 Å². The first-order valence-electron chi connectivity index (χ1n) is 6.99. The minimum atomic E-state index is -0.235. The van der Waals surface area contributed by atoms with Crippen LogP contribution in [0.5, 0.6) is 0 Å². The van der Waals surface area contributed by atoms with Crippen molar-refractivity contribution in [1.29, 1.82) is 0 Å². The molecule has 0 aromatic heterocycles. The highest BCUT2D eigenvalue weighted by atomic mass is 16.2. The van der Waals surface area contributed by atoms with E-state index in [4.69, 9.17) is 0 Å². The van der Waals surface area contributed by atoms with Crippen molar-refractivity contribution in [3.63, 3.8) is 0 Å². The van der Waals surface area contributed by atoms with E-state index < -0.39 is 0 Å². The van der Waals surface area contributed by atoms with Crippen LogP contribution >= 0.6 is 0 Å². The van der Waals surface area contributed by atoms with E-state index in [1.54, 1.807) is 7.05 Å². The molecule has 0 aliphatic carbocycles. The quantitative estimate of drug-likeness (QED) is 0.718. The summed E-state index contributed by atoms with van der Waals surface area (Å²) in [5.74, 6) is 0.284. The van der Waals surface area contributed by atoms with E-state index in [2.05, 4.69) is 10.6 Å². The van der Waals surface area contributed by atoms with E-state index in [1.807, 2.05) is 4.90 Å². The normalized spacial score (nSPS) is 38.2. The fourth-order valence-electron chi connectivity index (χ4n) is 3.78. The summed E-state index contributed by atoms with van der Waals surface area (Å²) in [5, 5.41) is 6.16. The number of likely N-dealkylation sites (tertiary alicyclic amines) is 1. The van der Waals surface area contributed by atoms with Gasteiger partial charge in [-0.1, -0.05) is 0 Å². The molecule has 0 spiro atoms. The zero-order chi connectivity index (χ0) is 12.7. The lowest BCUT2D eigenvalue weighted by Gasteiger charge is -2.29. The molecule has 2 bridgehead atoms. The molecular weight excluding hydrogens is 230 g/mol. The number of fused-ring (bicyclic) bond motifs is 2. The Balaban J connectivity index is 1.70. The number of carbonyl (C=O) groups is 2. The summed E-state index contributed by atoms with van der Waals surface area (Å²) in [7, 11) is 1.64. The highest BCUT2D eigenvalue weighted by molar-refractivity contribution is 5.89. The average molecular weight is 251 g/mol. The van der Waals surface area contributed by atoms with Crippen LogP contribution in [0, 0.1) is 5.92 Å². The molecule has 3 fully saturated rings. The number of hydrogen-bond donors (Lipinski definition) is 2. The summed E-state index contributed by atoms with van der Waals surface area (Å²) >= 11 is 0. The van der Waals surface area contributed by atoms with Gasteiger partial charge in [0.2, 0.25) is 11.8 Å². The van der Waals surface area contributed by atoms with E-state index in [1.165, 1.54) is 6.42 Å². The van der Waals surface area contributed by atoms with Gasteiger partial charge in [-0.2, -0.15) is 0 Å². The number of hydrogen-bond acceptors (Lipinski definition) is 3. The smallest absolute Gasteiger partial charge is 0.242 e. The predicted octanol–water partition coefficient (Wildman–Crippen LogP) is -0.136. The van der Waals surface area contributed by atoms with Crippen molar-refractivity contribution in [1.82, 2.24) is 15.5 Å². The number of likely N-dealkylation sites (N-methyl/N-ethyl adjacent to an activating group) is 1. The second-order valence-corrected chi connectivity index (χ2v) is 5.69. The van der Waals surface area contributed by atoms with Crippen LogP contribution in [-0.2, 0) is 9.59 Å². The Kier molecular flexibility index (Phi) is 3.01. The predicted molar refractivity (Wildman–Crippen MR) is 66.9 cm³/mol. The molecule has 0 radical (unpaired) electrons. The molecule has 3 heterocycles. The van der Waals surface area contributed by atoms with Crippen LogP contribution in [0.2, 0.25) is 0 Å². The first kappa shape index (κ1) is 12.0. The molecule has 0 aromatic rings. The van der Waals surface area contributed by atoms with Gasteiger partial charge in [0.1, 0.15) is 6.04 Å². The number of amides is 2. The second-order valence-electron chi connectivity index (χ2n) is 5.69. The first-order valence-corrected chi connectivity index (χ1v) is 6.99. The molecule has 18 heavy (non-hydrogen) atoms. The van der Waals surface area contributed by atoms with Crippen molar-refractivity contribution < 1.29 is 9.59 Å². The van der Waals surface area contributed by atoms with E-state index in [9.17, 15) is 9.59 Å². The van der Waals surface area contributed by atoms with E-state index >= 15 is 0 Å². The Morgan fingerprint density at radius 1 is 1.28 bits per heavy atom. The summed E-state index contributed by atoms with van der Waals surface area (Å²) in [6, 6.07) is 0.653. The summed E-state index contributed by atoms with van der Waals surface area (Å²) < 4.78 is 0. The van der Waals surface area contributed by atoms with Gasteiger partial charge in [0.05, 0.1) is 5.92 Å². The molecule has 3 aliphatic heterocycles. The highest BCUT2D eigenvalue weighted by Gasteiger charge is 2.46. The van der Waals surface area contributed by atoms with Crippen LogP contribution in [0.15, 0.2) is 0 Å². The third-order valence-electron chi connectivity index (χ3n) is 4.70. The van der Waals surface area contributed by atoms with Crippen LogP contribution in [-0.4, -0.2) is 48.4 Å². The van der Waals surface area contributed by atoms with E-state index in [0.29, 0.717) is 12.1 Å². The van der Waals surface area contributed by atoms with Crippen molar-refractivity contribution in [2.75, 3.05) is 13.6 Å². The highest BCUT2D eigenvalue weighted by Crippen LogP contribution is 2.35. The molecule has 0 saturated carbocycles. The SMILES string of the molecule is CNC(=O)C1CCCN1C(=O)C1CC2CCC1N2. The van der Waals surface area contributed by atoms with Gasteiger partial charge in [0.25, 0.3) is 0 Å². The number of carbonyl (C=O) groups excluding carboxylic acids is 2. The first-order chi connectivity index (χ1) is 8.70. The van der Waals surface area contributed by atoms with Crippen LogP contribution in [0.1, 0.15) is 32.1 Å². The molecule has 4 unspecified atom stereocenters.